The van der Waals surface area contributed by atoms with E-state index in [1.54, 1.807) is 29.8 Å². The molecule has 0 aliphatic carbocycles. The van der Waals surface area contributed by atoms with Gasteiger partial charge in [-0.25, -0.2) is 0 Å². The highest BCUT2D eigenvalue weighted by Gasteiger charge is 2.51. The minimum atomic E-state index is -4.63. The van der Waals surface area contributed by atoms with E-state index in [4.69, 9.17) is 5.26 Å². The number of likely N-dealkylation sites (tertiary alicyclic amines) is 1. The molecule has 2 aliphatic rings. The summed E-state index contributed by atoms with van der Waals surface area (Å²) in [7, 11) is 1.55. The van der Waals surface area contributed by atoms with Crippen molar-refractivity contribution in [1.29, 1.82) is 5.26 Å². The van der Waals surface area contributed by atoms with Gasteiger partial charge in [0, 0.05) is 50.7 Å². The highest BCUT2D eigenvalue weighted by atomic mass is 19.4. The van der Waals surface area contributed by atoms with Crippen LogP contribution in [0.5, 0.6) is 0 Å². The zero-order chi connectivity index (χ0) is 22.1. The fourth-order valence-corrected chi connectivity index (χ4v) is 4.69. The molecular weight excluding hydrogens is 397 g/mol. The van der Waals surface area contributed by atoms with Crippen molar-refractivity contribution in [1.82, 2.24) is 10.2 Å². The first-order valence-corrected chi connectivity index (χ1v) is 10.0. The van der Waals surface area contributed by atoms with E-state index in [0.29, 0.717) is 51.1 Å². The number of nitriles is 1. The predicted molar refractivity (Wildman–Crippen MR) is 104 cm³/mol. The van der Waals surface area contributed by atoms with Crippen molar-refractivity contribution >= 4 is 17.5 Å². The molecule has 1 spiro atoms. The summed E-state index contributed by atoms with van der Waals surface area (Å²) >= 11 is 0. The molecule has 30 heavy (non-hydrogen) atoms. The number of hydrogen-bond acceptors (Lipinski definition) is 4. The highest BCUT2D eigenvalue weighted by Crippen LogP contribution is 2.47. The molecule has 1 N–H and O–H groups in total. The summed E-state index contributed by atoms with van der Waals surface area (Å²) in [5.74, 6) is -0.457. The fourth-order valence-electron chi connectivity index (χ4n) is 4.69. The first-order chi connectivity index (χ1) is 14.1. The largest absolute Gasteiger partial charge is 0.417 e. The Morgan fingerprint density at radius 3 is 2.50 bits per heavy atom. The van der Waals surface area contributed by atoms with Crippen molar-refractivity contribution in [3.8, 4) is 6.07 Å². The lowest BCUT2D eigenvalue weighted by Gasteiger charge is -2.42. The minimum absolute atomic E-state index is 0.0677. The molecule has 0 saturated carbocycles. The van der Waals surface area contributed by atoms with Gasteiger partial charge in [0.05, 0.1) is 23.1 Å². The van der Waals surface area contributed by atoms with E-state index >= 15 is 0 Å². The van der Waals surface area contributed by atoms with E-state index in [1.165, 1.54) is 12.1 Å². The average molecular weight is 422 g/mol. The number of benzene rings is 1. The summed E-state index contributed by atoms with van der Waals surface area (Å²) in [5.41, 5.74) is -1.45. The molecule has 1 aromatic rings. The molecular formula is C21H25F3N4O2. The molecule has 1 aromatic carbocycles. The smallest absolute Gasteiger partial charge is 0.370 e. The van der Waals surface area contributed by atoms with Gasteiger partial charge in [0.15, 0.2) is 0 Å². The number of halogens is 3. The number of carbonyl (C=O) groups is 2. The number of hydrogen-bond donors (Lipinski definition) is 1. The molecule has 2 fully saturated rings. The van der Waals surface area contributed by atoms with Gasteiger partial charge in [-0.1, -0.05) is 6.92 Å². The van der Waals surface area contributed by atoms with Crippen molar-refractivity contribution in [2.75, 3.05) is 38.1 Å². The zero-order valence-electron chi connectivity index (χ0n) is 17.1. The molecule has 1 atom stereocenters. The molecule has 2 aliphatic heterocycles. The Hall–Kier alpha value is -2.76. The lowest BCUT2D eigenvalue weighted by molar-refractivity contribution is -0.138. The molecule has 2 saturated heterocycles. The van der Waals surface area contributed by atoms with Gasteiger partial charge in [-0.15, -0.1) is 0 Å². The van der Waals surface area contributed by atoms with E-state index in [2.05, 4.69) is 5.32 Å². The summed E-state index contributed by atoms with van der Waals surface area (Å²) < 4.78 is 40.2. The molecule has 1 unspecified atom stereocenters. The Balaban J connectivity index is 1.90. The fraction of sp³-hybridized carbons (Fsp3) is 0.571. The molecule has 6 nitrogen and oxygen atoms in total. The van der Waals surface area contributed by atoms with E-state index in [9.17, 15) is 22.8 Å². The summed E-state index contributed by atoms with van der Waals surface area (Å²) in [5, 5.41) is 11.7. The second kappa shape index (κ2) is 8.17. The highest BCUT2D eigenvalue weighted by molar-refractivity contribution is 5.81. The topological polar surface area (TPSA) is 76.4 Å². The van der Waals surface area contributed by atoms with Gasteiger partial charge < -0.3 is 15.1 Å². The van der Waals surface area contributed by atoms with Gasteiger partial charge in [-0.3, -0.25) is 9.59 Å². The SMILES string of the molecule is CCC(=O)N1CCC2(CC1)CN(c1ccc(C#N)c(C(F)(F)F)c1)CC2C(=O)NC. The second-order valence-electron chi connectivity index (χ2n) is 7.98. The molecule has 2 amide bonds. The van der Waals surface area contributed by atoms with Gasteiger partial charge in [0.1, 0.15) is 0 Å². The molecule has 9 heteroatoms. The predicted octanol–water partition coefficient (Wildman–Crippen LogP) is 2.78. The first kappa shape index (κ1) is 21.9. The second-order valence-corrected chi connectivity index (χ2v) is 7.98. The third-order valence-corrected chi connectivity index (χ3v) is 6.42. The number of alkyl halides is 3. The van der Waals surface area contributed by atoms with Crippen molar-refractivity contribution in [3.63, 3.8) is 0 Å². The van der Waals surface area contributed by atoms with Gasteiger partial charge in [0.2, 0.25) is 11.8 Å². The maximum atomic E-state index is 13.4. The Bertz CT molecular complexity index is 870. The van der Waals surface area contributed by atoms with Crippen LogP contribution < -0.4 is 10.2 Å². The number of anilines is 1. The van der Waals surface area contributed by atoms with E-state index in [0.717, 1.165) is 6.07 Å². The van der Waals surface area contributed by atoms with E-state index in [-0.39, 0.29) is 17.7 Å². The minimum Gasteiger partial charge on any atom is -0.370 e. The third-order valence-electron chi connectivity index (χ3n) is 6.42. The number of amides is 2. The van der Waals surface area contributed by atoms with Crippen LogP contribution in [0.4, 0.5) is 18.9 Å². The molecule has 3 rings (SSSR count). The molecule has 162 valence electrons. The average Bonchev–Trinajstić information content (AvgIpc) is 3.10. The van der Waals surface area contributed by atoms with E-state index in [1.807, 2.05) is 0 Å². The number of carbonyl (C=O) groups excluding carboxylic acids is 2. The molecule has 0 radical (unpaired) electrons. The van der Waals surface area contributed by atoms with Crippen molar-refractivity contribution in [3.05, 3.63) is 29.3 Å². The van der Waals surface area contributed by atoms with Crippen LogP contribution in [0, 0.1) is 22.7 Å². The van der Waals surface area contributed by atoms with E-state index < -0.39 is 22.7 Å². The lowest BCUT2D eigenvalue weighted by Crippen LogP contribution is -2.49. The normalized spacial score (nSPS) is 20.9. The van der Waals surface area contributed by atoms with Crippen LogP contribution >= 0.6 is 0 Å². The van der Waals surface area contributed by atoms with Crippen LogP contribution in [0.2, 0.25) is 0 Å². The Morgan fingerprint density at radius 1 is 1.30 bits per heavy atom. The van der Waals surface area contributed by atoms with Crippen LogP contribution in [0.1, 0.15) is 37.3 Å². The van der Waals surface area contributed by atoms with Gasteiger partial charge >= 0.3 is 6.18 Å². The zero-order valence-corrected chi connectivity index (χ0v) is 17.1. The first-order valence-electron chi connectivity index (χ1n) is 10.0. The van der Waals surface area contributed by atoms with Crippen molar-refractivity contribution in [2.45, 2.75) is 32.4 Å². The van der Waals surface area contributed by atoms with Crippen LogP contribution in [-0.2, 0) is 15.8 Å². The van der Waals surface area contributed by atoms with Crippen molar-refractivity contribution < 1.29 is 22.8 Å². The quantitative estimate of drug-likeness (QED) is 0.813. The monoisotopic (exact) mass is 422 g/mol. The number of rotatable bonds is 3. The van der Waals surface area contributed by atoms with Crippen LogP contribution in [0.25, 0.3) is 0 Å². The Morgan fingerprint density at radius 2 is 1.97 bits per heavy atom. The van der Waals surface area contributed by atoms with Crippen LogP contribution in [0.3, 0.4) is 0 Å². The molecule has 0 bridgehead atoms. The summed E-state index contributed by atoms with van der Waals surface area (Å²) in [4.78, 5) is 28.2. The number of piperidine rings is 1. The van der Waals surface area contributed by atoms with Crippen LogP contribution in [0.15, 0.2) is 18.2 Å². The summed E-state index contributed by atoms with van der Waals surface area (Å²) in [6, 6.07) is 5.27. The summed E-state index contributed by atoms with van der Waals surface area (Å²) in [6.07, 6.45) is -2.97. The maximum Gasteiger partial charge on any atom is 0.417 e. The van der Waals surface area contributed by atoms with Crippen LogP contribution in [-0.4, -0.2) is 49.9 Å². The Labute approximate surface area is 173 Å². The van der Waals surface area contributed by atoms with Gasteiger partial charge in [-0.2, -0.15) is 18.4 Å². The van der Waals surface area contributed by atoms with Gasteiger partial charge in [0.25, 0.3) is 0 Å². The standard InChI is InChI=1S/C21H25F3N4O2/c1-3-18(29)27-8-6-20(7-9-27)13-28(12-17(20)19(30)26-2)15-5-4-14(11-25)16(10-15)21(22,23)24/h4-5,10,17H,3,6-9,12-13H2,1-2H3,(H,26,30). The van der Waals surface area contributed by atoms with Gasteiger partial charge in [-0.05, 0) is 31.0 Å². The number of nitrogens with one attached hydrogen (secondary N) is 1. The lowest BCUT2D eigenvalue weighted by atomic mass is 9.70. The summed E-state index contributed by atoms with van der Waals surface area (Å²) in [6.45, 7) is 3.61. The third kappa shape index (κ3) is 3.95. The maximum absolute atomic E-state index is 13.4. The molecule has 0 aromatic heterocycles. The molecule has 2 heterocycles. The number of nitrogens with zero attached hydrogens (tertiary/aromatic N) is 3. The Kier molecular flexibility index (Phi) is 5.97. The van der Waals surface area contributed by atoms with Crippen molar-refractivity contribution in [2.24, 2.45) is 11.3 Å².